The molecule has 5 heteroatoms. The number of methoxy groups -OCH3 is 1. The van der Waals surface area contributed by atoms with Crippen LogP contribution in [0.25, 0.3) is 0 Å². The summed E-state index contributed by atoms with van der Waals surface area (Å²) in [6.45, 7) is 1.81. The molecule has 0 bridgehead atoms. The van der Waals surface area contributed by atoms with Crippen molar-refractivity contribution >= 4 is 17.6 Å². The molecule has 1 aromatic carbocycles. The number of hydrogen-bond donors (Lipinski definition) is 1. The summed E-state index contributed by atoms with van der Waals surface area (Å²) >= 11 is 0. The third-order valence-electron chi connectivity index (χ3n) is 2.79. The Morgan fingerprint density at radius 1 is 1.20 bits per heavy atom. The zero-order valence-electron chi connectivity index (χ0n) is 11.2. The van der Waals surface area contributed by atoms with Crippen molar-refractivity contribution in [3.8, 4) is 0 Å². The number of benzene rings is 1. The van der Waals surface area contributed by atoms with Crippen LogP contribution in [0.2, 0.25) is 0 Å². The minimum atomic E-state index is -0.407. The van der Waals surface area contributed by atoms with E-state index in [-0.39, 0.29) is 5.91 Å². The molecular formula is C15H14N2O3. The van der Waals surface area contributed by atoms with Crippen molar-refractivity contribution in [3.63, 3.8) is 0 Å². The molecule has 0 aliphatic carbocycles. The van der Waals surface area contributed by atoms with Crippen molar-refractivity contribution < 1.29 is 14.3 Å². The van der Waals surface area contributed by atoms with Gasteiger partial charge < -0.3 is 10.1 Å². The first-order valence-corrected chi connectivity index (χ1v) is 6.03. The van der Waals surface area contributed by atoms with E-state index in [9.17, 15) is 9.59 Å². The molecule has 1 N–H and O–H groups in total. The van der Waals surface area contributed by atoms with Gasteiger partial charge in [-0.05, 0) is 42.8 Å². The average Bonchev–Trinajstić information content (AvgIpc) is 2.49. The third kappa shape index (κ3) is 3.00. The van der Waals surface area contributed by atoms with E-state index in [4.69, 9.17) is 0 Å². The van der Waals surface area contributed by atoms with E-state index in [0.29, 0.717) is 16.9 Å². The molecule has 0 unspecified atom stereocenters. The number of carbonyl (C=O) groups excluding carboxylic acids is 2. The molecule has 0 aliphatic rings. The van der Waals surface area contributed by atoms with Crippen LogP contribution in [0.5, 0.6) is 0 Å². The number of ether oxygens (including phenoxy) is 1. The van der Waals surface area contributed by atoms with Gasteiger partial charge in [0.25, 0.3) is 5.91 Å². The van der Waals surface area contributed by atoms with E-state index in [1.807, 2.05) is 0 Å². The molecule has 20 heavy (non-hydrogen) atoms. The third-order valence-corrected chi connectivity index (χ3v) is 2.79. The molecule has 0 spiro atoms. The van der Waals surface area contributed by atoms with Crippen molar-refractivity contribution in [1.29, 1.82) is 0 Å². The summed E-state index contributed by atoms with van der Waals surface area (Å²) < 4.78 is 4.65. The molecule has 2 rings (SSSR count). The Bertz CT molecular complexity index is 639. The number of nitrogens with one attached hydrogen (secondary N) is 1. The van der Waals surface area contributed by atoms with Gasteiger partial charge in [-0.25, -0.2) is 4.79 Å². The molecule has 1 aromatic heterocycles. The van der Waals surface area contributed by atoms with Crippen molar-refractivity contribution in [2.45, 2.75) is 6.92 Å². The molecule has 0 saturated heterocycles. The van der Waals surface area contributed by atoms with Gasteiger partial charge in [0.1, 0.15) is 5.69 Å². The van der Waals surface area contributed by atoms with Crippen LogP contribution in [-0.2, 0) is 4.74 Å². The first kappa shape index (κ1) is 13.7. The van der Waals surface area contributed by atoms with Gasteiger partial charge in [0, 0.05) is 11.9 Å². The number of anilines is 1. The number of amides is 1. The van der Waals surface area contributed by atoms with E-state index >= 15 is 0 Å². The van der Waals surface area contributed by atoms with Crippen molar-refractivity contribution in [2.75, 3.05) is 12.4 Å². The highest BCUT2D eigenvalue weighted by Gasteiger charge is 2.11. The Labute approximate surface area is 116 Å². The van der Waals surface area contributed by atoms with Crippen LogP contribution < -0.4 is 5.32 Å². The molecule has 1 amide bonds. The monoisotopic (exact) mass is 270 g/mol. The lowest BCUT2D eigenvalue weighted by Gasteiger charge is -2.09. The Morgan fingerprint density at radius 2 is 2.00 bits per heavy atom. The first-order chi connectivity index (χ1) is 9.61. The van der Waals surface area contributed by atoms with Gasteiger partial charge in [-0.3, -0.25) is 9.78 Å². The molecule has 5 nitrogen and oxygen atoms in total. The molecule has 0 aliphatic heterocycles. The summed E-state index contributed by atoms with van der Waals surface area (Å²) in [6.07, 6.45) is 1.56. The fraction of sp³-hybridized carbons (Fsp3) is 0.133. The molecule has 0 fully saturated rings. The minimum absolute atomic E-state index is 0.292. The molecule has 0 atom stereocenters. The van der Waals surface area contributed by atoms with Crippen LogP contribution in [0.1, 0.15) is 26.4 Å². The lowest BCUT2D eigenvalue weighted by atomic mass is 10.1. The number of aryl methyl sites for hydroxylation is 1. The second kappa shape index (κ2) is 5.97. The van der Waals surface area contributed by atoms with E-state index in [2.05, 4.69) is 15.0 Å². The molecule has 2 aromatic rings. The van der Waals surface area contributed by atoms with Crippen molar-refractivity contribution in [1.82, 2.24) is 4.98 Å². The number of carbonyl (C=O) groups is 2. The SMILES string of the molecule is COC(=O)c1ccc(NC(=O)c2ccccn2)c(C)c1. The Kier molecular flexibility index (Phi) is 4.10. The van der Waals surface area contributed by atoms with Gasteiger partial charge >= 0.3 is 5.97 Å². The first-order valence-electron chi connectivity index (χ1n) is 6.03. The van der Waals surface area contributed by atoms with Gasteiger partial charge in [0.2, 0.25) is 0 Å². The minimum Gasteiger partial charge on any atom is -0.465 e. The fourth-order valence-corrected chi connectivity index (χ4v) is 1.73. The highest BCUT2D eigenvalue weighted by atomic mass is 16.5. The zero-order valence-corrected chi connectivity index (χ0v) is 11.2. The summed E-state index contributed by atoms with van der Waals surface area (Å²) in [6, 6.07) is 10.1. The predicted octanol–water partition coefficient (Wildman–Crippen LogP) is 2.43. The number of aromatic nitrogens is 1. The van der Waals surface area contributed by atoms with Crippen LogP contribution in [0, 0.1) is 6.92 Å². The summed E-state index contributed by atoms with van der Waals surface area (Å²) in [7, 11) is 1.33. The number of hydrogen-bond acceptors (Lipinski definition) is 4. The van der Waals surface area contributed by atoms with Crippen LogP contribution in [0.4, 0.5) is 5.69 Å². The van der Waals surface area contributed by atoms with E-state index in [1.54, 1.807) is 49.5 Å². The standard InChI is InChI=1S/C15H14N2O3/c1-10-9-11(15(19)20-2)6-7-12(10)17-14(18)13-5-3-4-8-16-13/h3-9H,1-2H3,(H,17,18). The summed E-state index contributed by atoms with van der Waals surface area (Å²) in [5.74, 6) is -0.699. The lowest BCUT2D eigenvalue weighted by Crippen LogP contribution is -2.14. The second-order valence-electron chi connectivity index (χ2n) is 4.19. The smallest absolute Gasteiger partial charge is 0.337 e. The van der Waals surface area contributed by atoms with Crippen molar-refractivity contribution in [3.05, 3.63) is 59.4 Å². The molecule has 1 heterocycles. The molecule has 0 radical (unpaired) electrons. The maximum atomic E-state index is 12.0. The van der Waals surface area contributed by atoms with Crippen LogP contribution in [0.3, 0.4) is 0 Å². The number of rotatable bonds is 3. The van der Waals surface area contributed by atoms with E-state index in [1.165, 1.54) is 7.11 Å². The van der Waals surface area contributed by atoms with Gasteiger partial charge in [-0.2, -0.15) is 0 Å². The maximum absolute atomic E-state index is 12.0. The average molecular weight is 270 g/mol. The number of esters is 1. The van der Waals surface area contributed by atoms with Crippen molar-refractivity contribution in [2.24, 2.45) is 0 Å². The largest absolute Gasteiger partial charge is 0.465 e. The quantitative estimate of drug-likeness (QED) is 0.870. The topological polar surface area (TPSA) is 68.3 Å². The Morgan fingerprint density at radius 3 is 2.60 bits per heavy atom. The second-order valence-corrected chi connectivity index (χ2v) is 4.19. The van der Waals surface area contributed by atoms with Gasteiger partial charge in [0.05, 0.1) is 12.7 Å². The van der Waals surface area contributed by atoms with E-state index < -0.39 is 5.97 Å². The summed E-state index contributed by atoms with van der Waals surface area (Å²) in [5, 5.41) is 2.76. The molecular weight excluding hydrogens is 256 g/mol. The van der Waals surface area contributed by atoms with E-state index in [0.717, 1.165) is 5.56 Å². The molecule has 102 valence electrons. The van der Waals surface area contributed by atoms with Gasteiger partial charge in [-0.1, -0.05) is 6.07 Å². The predicted molar refractivity (Wildman–Crippen MR) is 74.7 cm³/mol. The Balaban J connectivity index is 2.18. The highest BCUT2D eigenvalue weighted by Crippen LogP contribution is 2.17. The number of pyridine rings is 1. The maximum Gasteiger partial charge on any atom is 0.337 e. The summed E-state index contributed by atoms with van der Waals surface area (Å²) in [5.41, 5.74) is 2.19. The van der Waals surface area contributed by atoms with Crippen LogP contribution in [0.15, 0.2) is 42.6 Å². The van der Waals surface area contributed by atoms with Gasteiger partial charge in [0.15, 0.2) is 0 Å². The van der Waals surface area contributed by atoms with Crippen LogP contribution >= 0.6 is 0 Å². The normalized spacial score (nSPS) is 9.90. The lowest BCUT2D eigenvalue weighted by molar-refractivity contribution is 0.0600. The van der Waals surface area contributed by atoms with Crippen LogP contribution in [-0.4, -0.2) is 24.0 Å². The highest BCUT2D eigenvalue weighted by molar-refractivity contribution is 6.03. The fourth-order valence-electron chi connectivity index (χ4n) is 1.73. The number of nitrogens with zero attached hydrogens (tertiary/aromatic N) is 1. The summed E-state index contributed by atoms with van der Waals surface area (Å²) in [4.78, 5) is 27.4. The molecule has 0 saturated carbocycles. The van der Waals surface area contributed by atoms with Gasteiger partial charge in [-0.15, -0.1) is 0 Å². The Hall–Kier alpha value is -2.69. The zero-order chi connectivity index (χ0) is 14.5.